The van der Waals surface area contributed by atoms with Crippen LogP contribution in [0.2, 0.25) is 0 Å². The van der Waals surface area contributed by atoms with Crippen LogP contribution < -0.4 is 0 Å². The molecule has 1 rings (SSSR count). The van der Waals surface area contributed by atoms with Crippen molar-refractivity contribution in [2.45, 2.75) is 31.3 Å². The van der Waals surface area contributed by atoms with Crippen LogP contribution in [0.5, 0.6) is 0 Å². The van der Waals surface area contributed by atoms with Crippen molar-refractivity contribution >= 4 is 19.7 Å². The Hall–Kier alpha value is -0.550. The maximum atomic E-state index is 10.8. The van der Waals surface area contributed by atoms with Crippen molar-refractivity contribution in [1.29, 1.82) is 0 Å². The number of rotatable bonds is 3. The van der Waals surface area contributed by atoms with E-state index in [1.54, 1.807) is 10.9 Å². The Labute approximate surface area is 81.9 Å². The second kappa shape index (κ2) is 3.67. The first-order chi connectivity index (χ1) is 5.95. The lowest BCUT2D eigenvalue weighted by Crippen LogP contribution is -2.05. The minimum atomic E-state index is -3.68. The van der Waals surface area contributed by atoms with Crippen molar-refractivity contribution < 1.29 is 8.42 Å². The summed E-state index contributed by atoms with van der Waals surface area (Å²) in [6, 6.07) is 1.58. The Balaban J connectivity index is 3.00. The van der Waals surface area contributed by atoms with E-state index < -0.39 is 9.05 Å². The highest BCUT2D eigenvalue weighted by atomic mass is 35.7. The number of hydrogen-bond donors (Lipinski definition) is 0. The minimum absolute atomic E-state index is 0.0885. The number of nitrogens with zero attached hydrogens (tertiary/aromatic N) is 2. The van der Waals surface area contributed by atoms with E-state index in [-0.39, 0.29) is 11.1 Å². The van der Waals surface area contributed by atoms with Gasteiger partial charge in [-0.25, -0.2) is 8.42 Å². The van der Waals surface area contributed by atoms with Crippen LogP contribution >= 0.6 is 10.7 Å². The monoisotopic (exact) mass is 222 g/mol. The van der Waals surface area contributed by atoms with Gasteiger partial charge in [-0.05, 0) is 19.4 Å². The van der Waals surface area contributed by atoms with E-state index in [9.17, 15) is 8.42 Å². The predicted molar refractivity (Wildman–Crippen MR) is 50.3 cm³/mol. The van der Waals surface area contributed by atoms with Crippen LogP contribution in [-0.4, -0.2) is 18.2 Å². The third-order valence-electron chi connectivity index (χ3n) is 1.88. The minimum Gasteiger partial charge on any atom is -0.269 e. The molecule has 0 aliphatic carbocycles. The van der Waals surface area contributed by atoms with Crippen molar-refractivity contribution in [2.75, 3.05) is 0 Å². The van der Waals surface area contributed by atoms with Crippen molar-refractivity contribution in [1.82, 2.24) is 9.78 Å². The summed E-state index contributed by atoms with van der Waals surface area (Å²) in [6.07, 6.45) is 2.51. The third-order valence-corrected chi connectivity index (χ3v) is 3.07. The summed E-state index contributed by atoms with van der Waals surface area (Å²) in [5.41, 5.74) is 0. The molecule has 0 N–H and O–H groups in total. The topological polar surface area (TPSA) is 52.0 Å². The molecule has 0 saturated carbocycles. The summed E-state index contributed by atoms with van der Waals surface area (Å²) < 4.78 is 23.3. The van der Waals surface area contributed by atoms with Crippen LogP contribution in [0.4, 0.5) is 0 Å². The molecule has 0 aromatic carbocycles. The number of halogens is 1. The Bertz CT molecular complexity index is 385. The zero-order valence-electron chi connectivity index (χ0n) is 7.44. The quantitative estimate of drug-likeness (QED) is 0.733. The number of hydrogen-bond acceptors (Lipinski definition) is 3. The van der Waals surface area contributed by atoms with Gasteiger partial charge in [0.15, 0.2) is 5.03 Å². The fourth-order valence-corrected chi connectivity index (χ4v) is 1.55. The molecule has 0 saturated heterocycles. The van der Waals surface area contributed by atoms with E-state index in [0.717, 1.165) is 6.42 Å². The smallest absolute Gasteiger partial charge is 0.269 e. The van der Waals surface area contributed by atoms with E-state index >= 15 is 0 Å². The molecule has 0 spiro atoms. The predicted octanol–water partition coefficient (Wildman–Crippen LogP) is 1.78. The molecule has 0 amide bonds. The normalized spacial score (nSPS) is 14.4. The number of aromatic nitrogens is 2. The first kappa shape index (κ1) is 10.5. The van der Waals surface area contributed by atoms with Crippen molar-refractivity contribution in [3.63, 3.8) is 0 Å². The van der Waals surface area contributed by atoms with Gasteiger partial charge in [-0.3, -0.25) is 4.68 Å². The second-order valence-electron chi connectivity index (χ2n) is 2.83. The molecular formula is C7H11ClN2O2S. The molecule has 0 unspecified atom stereocenters. The summed E-state index contributed by atoms with van der Waals surface area (Å²) >= 11 is 0. The summed E-state index contributed by atoms with van der Waals surface area (Å²) in [5.74, 6) is 0. The summed E-state index contributed by atoms with van der Waals surface area (Å²) in [5, 5.41) is 3.76. The van der Waals surface area contributed by atoms with E-state index in [4.69, 9.17) is 10.7 Å². The van der Waals surface area contributed by atoms with Gasteiger partial charge in [0.25, 0.3) is 9.05 Å². The molecule has 74 valence electrons. The van der Waals surface area contributed by atoms with E-state index in [0.29, 0.717) is 0 Å². The molecule has 1 aromatic heterocycles. The van der Waals surface area contributed by atoms with Crippen LogP contribution in [-0.2, 0) is 9.05 Å². The van der Waals surface area contributed by atoms with E-state index in [2.05, 4.69) is 5.10 Å². The largest absolute Gasteiger partial charge is 0.280 e. The van der Waals surface area contributed by atoms with E-state index in [1.807, 2.05) is 13.8 Å². The lowest BCUT2D eigenvalue weighted by atomic mass is 10.3. The maximum Gasteiger partial charge on any atom is 0.280 e. The van der Waals surface area contributed by atoms with Crippen LogP contribution in [0.25, 0.3) is 0 Å². The van der Waals surface area contributed by atoms with Gasteiger partial charge in [0.1, 0.15) is 0 Å². The molecule has 0 bridgehead atoms. The van der Waals surface area contributed by atoms with Gasteiger partial charge in [0.2, 0.25) is 0 Å². The molecule has 0 radical (unpaired) electrons. The fourth-order valence-electron chi connectivity index (χ4n) is 0.883. The molecule has 0 aliphatic heterocycles. The zero-order chi connectivity index (χ0) is 10.1. The first-order valence-corrected chi connectivity index (χ1v) is 6.26. The van der Waals surface area contributed by atoms with Gasteiger partial charge in [0.05, 0.1) is 0 Å². The molecule has 1 aromatic rings. The Kier molecular flexibility index (Phi) is 2.98. The lowest BCUT2D eigenvalue weighted by molar-refractivity contribution is 0.468. The van der Waals surface area contributed by atoms with Crippen molar-refractivity contribution in [3.8, 4) is 0 Å². The van der Waals surface area contributed by atoms with Gasteiger partial charge < -0.3 is 0 Å². The molecule has 4 nitrogen and oxygen atoms in total. The van der Waals surface area contributed by atoms with Gasteiger partial charge in [0, 0.05) is 22.9 Å². The van der Waals surface area contributed by atoms with Crippen LogP contribution in [0.3, 0.4) is 0 Å². The average Bonchev–Trinajstić information content (AvgIpc) is 2.50. The van der Waals surface area contributed by atoms with E-state index in [1.165, 1.54) is 6.07 Å². The van der Waals surface area contributed by atoms with Crippen molar-refractivity contribution in [3.05, 3.63) is 12.3 Å². The van der Waals surface area contributed by atoms with Gasteiger partial charge in [-0.1, -0.05) is 6.92 Å². The lowest BCUT2D eigenvalue weighted by Gasteiger charge is -2.07. The second-order valence-corrected chi connectivity index (χ2v) is 5.34. The van der Waals surface area contributed by atoms with Crippen LogP contribution in [0.1, 0.15) is 26.3 Å². The average molecular weight is 223 g/mol. The molecule has 0 aliphatic rings. The highest BCUT2D eigenvalue weighted by molar-refractivity contribution is 8.13. The summed E-state index contributed by atoms with van der Waals surface area (Å²) in [7, 11) is 1.43. The van der Waals surface area contributed by atoms with Crippen LogP contribution in [0, 0.1) is 0 Å². The standard InChI is InChI=1S/C7H11ClN2O2S/c1-3-6(2)10-5-4-7(9-10)13(8,11)12/h4-6H,3H2,1-2H3/t6-/m0/s1. The molecular weight excluding hydrogens is 212 g/mol. The summed E-state index contributed by atoms with van der Waals surface area (Å²) in [6.45, 7) is 3.96. The first-order valence-electron chi connectivity index (χ1n) is 3.95. The zero-order valence-corrected chi connectivity index (χ0v) is 9.01. The molecule has 1 heterocycles. The highest BCUT2D eigenvalue weighted by Crippen LogP contribution is 2.15. The van der Waals surface area contributed by atoms with Crippen LogP contribution in [0.15, 0.2) is 17.3 Å². The Morgan fingerprint density at radius 3 is 2.69 bits per heavy atom. The maximum absolute atomic E-state index is 10.8. The summed E-state index contributed by atoms with van der Waals surface area (Å²) in [4.78, 5) is 0. The SMILES string of the molecule is CC[C@H](C)n1ccc(S(=O)(=O)Cl)n1. The van der Waals surface area contributed by atoms with Gasteiger partial charge in [-0.2, -0.15) is 5.10 Å². The molecule has 1 atom stereocenters. The Morgan fingerprint density at radius 1 is 1.69 bits per heavy atom. The highest BCUT2D eigenvalue weighted by Gasteiger charge is 2.14. The fraction of sp³-hybridized carbons (Fsp3) is 0.571. The van der Waals surface area contributed by atoms with Crippen molar-refractivity contribution in [2.24, 2.45) is 0 Å². The Morgan fingerprint density at radius 2 is 2.31 bits per heavy atom. The molecule has 13 heavy (non-hydrogen) atoms. The third kappa shape index (κ3) is 2.45. The molecule has 6 heteroatoms. The van der Waals surface area contributed by atoms with Gasteiger partial charge >= 0.3 is 0 Å². The van der Waals surface area contributed by atoms with Gasteiger partial charge in [-0.15, -0.1) is 0 Å². The molecule has 0 fully saturated rings.